The van der Waals surface area contributed by atoms with Gasteiger partial charge in [0.05, 0.1) is 11.0 Å². The molecule has 0 saturated heterocycles. The van der Waals surface area contributed by atoms with E-state index < -0.39 is 0 Å². The molecular formula is C21H18N2O. The number of hydrogen-bond donors (Lipinski definition) is 2. The molecule has 3 nitrogen and oxygen atoms in total. The van der Waals surface area contributed by atoms with E-state index in [0.717, 1.165) is 34.4 Å². The van der Waals surface area contributed by atoms with Crippen molar-refractivity contribution in [1.82, 2.24) is 9.97 Å². The minimum atomic E-state index is 0.257. The number of phenolic OH excluding ortho intramolecular Hbond substituents is 1. The summed E-state index contributed by atoms with van der Waals surface area (Å²) in [5.74, 6) is 1.08. The number of H-pyrrole nitrogens is 1. The van der Waals surface area contributed by atoms with Crippen molar-refractivity contribution in [1.29, 1.82) is 0 Å². The highest BCUT2D eigenvalue weighted by atomic mass is 16.3. The third kappa shape index (κ3) is 2.76. The van der Waals surface area contributed by atoms with Crippen LogP contribution in [0.1, 0.15) is 16.7 Å². The predicted octanol–water partition coefficient (Wildman–Crippen LogP) is 4.83. The third-order valence-corrected chi connectivity index (χ3v) is 4.18. The largest absolute Gasteiger partial charge is 0.508 e. The number of imidazole rings is 1. The molecule has 1 aromatic heterocycles. The fourth-order valence-corrected chi connectivity index (χ4v) is 3.05. The molecule has 0 unspecified atom stereocenters. The van der Waals surface area contributed by atoms with E-state index in [2.05, 4.69) is 36.2 Å². The van der Waals surface area contributed by atoms with Gasteiger partial charge in [0.15, 0.2) is 0 Å². The van der Waals surface area contributed by atoms with Gasteiger partial charge in [0.25, 0.3) is 0 Å². The monoisotopic (exact) mass is 314 g/mol. The van der Waals surface area contributed by atoms with E-state index in [-0.39, 0.29) is 5.75 Å². The predicted molar refractivity (Wildman–Crippen MR) is 97.2 cm³/mol. The smallest absolute Gasteiger partial charge is 0.138 e. The molecule has 1 heterocycles. The van der Waals surface area contributed by atoms with Crippen molar-refractivity contribution >= 4 is 11.0 Å². The summed E-state index contributed by atoms with van der Waals surface area (Å²) in [7, 11) is 0. The molecule has 0 fully saturated rings. The zero-order chi connectivity index (χ0) is 16.5. The number of aromatic nitrogens is 2. The van der Waals surface area contributed by atoms with Crippen LogP contribution < -0.4 is 0 Å². The van der Waals surface area contributed by atoms with Gasteiger partial charge >= 0.3 is 0 Å². The van der Waals surface area contributed by atoms with Crippen LogP contribution in [0.3, 0.4) is 0 Å². The summed E-state index contributed by atoms with van der Waals surface area (Å²) in [6.07, 6.45) is 0.740. The van der Waals surface area contributed by atoms with Gasteiger partial charge in [-0.15, -0.1) is 0 Å². The van der Waals surface area contributed by atoms with E-state index in [1.807, 2.05) is 30.3 Å². The Balaban J connectivity index is 1.83. The number of rotatable bonds is 3. The van der Waals surface area contributed by atoms with Gasteiger partial charge in [0.2, 0.25) is 0 Å². The second kappa shape index (κ2) is 5.85. The fourth-order valence-electron chi connectivity index (χ4n) is 3.05. The molecule has 24 heavy (non-hydrogen) atoms. The Morgan fingerprint density at radius 2 is 1.79 bits per heavy atom. The SMILES string of the molecule is Cc1cccc(-c2nc3c(Cc4ccccc4)cc(O)cc3[nH]2)c1. The van der Waals surface area contributed by atoms with Crippen molar-refractivity contribution in [3.05, 3.63) is 83.4 Å². The molecule has 0 saturated carbocycles. The maximum Gasteiger partial charge on any atom is 0.138 e. The van der Waals surface area contributed by atoms with Gasteiger partial charge in [-0.25, -0.2) is 4.98 Å². The molecule has 0 spiro atoms. The first-order valence-corrected chi connectivity index (χ1v) is 8.01. The van der Waals surface area contributed by atoms with Crippen molar-refractivity contribution < 1.29 is 5.11 Å². The molecule has 0 aliphatic heterocycles. The first-order valence-electron chi connectivity index (χ1n) is 8.01. The van der Waals surface area contributed by atoms with Crippen LogP contribution in [0.5, 0.6) is 5.75 Å². The zero-order valence-electron chi connectivity index (χ0n) is 13.5. The van der Waals surface area contributed by atoms with Crippen molar-refractivity contribution in [2.45, 2.75) is 13.3 Å². The lowest BCUT2D eigenvalue weighted by atomic mass is 10.0. The minimum Gasteiger partial charge on any atom is -0.508 e. The van der Waals surface area contributed by atoms with E-state index in [4.69, 9.17) is 4.98 Å². The van der Waals surface area contributed by atoms with Gasteiger partial charge < -0.3 is 10.1 Å². The number of nitrogens with zero attached hydrogens (tertiary/aromatic N) is 1. The highest BCUT2D eigenvalue weighted by molar-refractivity contribution is 5.84. The molecule has 0 amide bonds. The van der Waals surface area contributed by atoms with Gasteiger partial charge in [-0.05, 0) is 36.6 Å². The standard InChI is InChI=1S/C21H18N2O/c1-14-6-5-9-16(10-14)21-22-19-13-18(24)12-17(20(19)23-21)11-15-7-3-2-4-8-15/h2-10,12-13,24H,11H2,1H3,(H,22,23). The van der Waals surface area contributed by atoms with E-state index in [1.165, 1.54) is 11.1 Å². The molecule has 118 valence electrons. The Morgan fingerprint density at radius 1 is 0.958 bits per heavy atom. The van der Waals surface area contributed by atoms with E-state index in [9.17, 15) is 5.11 Å². The molecule has 4 aromatic rings. The Bertz CT molecular complexity index is 1000. The van der Waals surface area contributed by atoms with Crippen molar-refractivity contribution in [2.75, 3.05) is 0 Å². The summed E-state index contributed by atoms with van der Waals surface area (Å²) < 4.78 is 0. The summed E-state index contributed by atoms with van der Waals surface area (Å²) in [5.41, 5.74) is 6.23. The van der Waals surface area contributed by atoms with Crippen LogP contribution in [0.2, 0.25) is 0 Å². The highest BCUT2D eigenvalue weighted by Crippen LogP contribution is 2.28. The third-order valence-electron chi connectivity index (χ3n) is 4.18. The molecule has 0 radical (unpaired) electrons. The molecule has 4 rings (SSSR count). The van der Waals surface area contributed by atoms with Crippen LogP contribution in [-0.4, -0.2) is 15.1 Å². The number of aryl methyl sites for hydroxylation is 1. The molecule has 3 heteroatoms. The van der Waals surface area contributed by atoms with E-state index in [1.54, 1.807) is 12.1 Å². The Labute approximate surface area is 140 Å². The van der Waals surface area contributed by atoms with Crippen molar-refractivity contribution in [3.63, 3.8) is 0 Å². The number of fused-ring (bicyclic) bond motifs is 1. The Kier molecular flexibility index (Phi) is 3.54. The lowest BCUT2D eigenvalue weighted by molar-refractivity contribution is 0.475. The zero-order valence-corrected chi connectivity index (χ0v) is 13.5. The van der Waals surface area contributed by atoms with Gasteiger partial charge in [-0.1, -0.05) is 54.1 Å². The summed E-state index contributed by atoms with van der Waals surface area (Å²) in [6, 6.07) is 22.0. The Hall–Kier alpha value is -3.07. The molecule has 0 atom stereocenters. The van der Waals surface area contributed by atoms with Gasteiger partial charge in [0.1, 0.15) is 11.6 Å². The van der Waals surface area contributed by atoms with Crippen LogP contribution >= 0.6 is 0 Å². The van der Waals surface area contributed by atoms with Crippen molar-refractivity contribution in [2.24, 2.45) is 0 Å². The molecule has 0 bridgehead atoms. The average molecular weight is 314 g/mol. The van der Waals surface area contributed by atoms with Crippen LogP contribution in [-0.2, 0) is 6.42 Å². The van der Waals surface area contributed by atoms with Crippen LogP contribution in [0, 0.1) is 6.92 Å². The van der Waals surface area contributed by atoms with Crippen LogP contribution in [0.4, 0.5) is 0 Å². The van der Waals surface area contributed by atoms with Gasteiger partial charge in [0, 0.05) is 11.6 Å². The molecule has 3 aromatic carbocycles. The van der Waals surface area contributed by atoms with Crippen LogP contribution in [0.25, 0.3) is 22.4 Å². The normalized spacial score (nSPS) is 11.0. The molecule has 0 aliphatic rings. The summed E-state index contributed by atoms with van der Waals surface area (Å²) in [6.45, 7) is 2.07. The maximum atomic E-state index is 10.1. The summed E-state index contributed by atoms with van der Waals surface area (Å²) in [5, 5.41) is 10.1. The second-order valence-corrected chi connectivity index (χ2v) is 6.12. The quantitative estimate of drug-likeness (QED) is 0.569. The van der Waals surface area contributed by atoms with Crippen LogP contribution in [0.15, 0.2) is 66.7 Å². The maximum absolute atomic E-state index is 10.1. The van der Waals surface area contributed by atoms with E-state index in [0.29, 0.717) is 0 Å². The number of phenols is 1. The van der Waals surface area contributed by atoms with Gasteiger partial charge in [-0.3, -0.25) is 0 Å². The first kappa shape index (κ1) is 14.5. The topological polar surface area (TPSA) is 48.9 Å². The second-order valence-electron chi connectivity index (χ2n) is 6.12. The summed E-state index contributed by atoms with van der Waals surface area (Å²) in [4.78, 5) is 8.13. The number of hydrogen-bond acceptors (Lipinski definition) is 2. The number of aromatic amines is 1. The van der Waals surface area contributed by atoms with Crippen molar-refractivity contribution in [3.8, 4) is 17.1 Å². The fraction of sp³-hybridized carbons (Fsp3) is 0.0952. The highest BCUT2D eigenvalue weighted by Gasteiger charge is 2.11. The van der Waals surface area contributed by atoms with E-state index >= 15 is 0 Å². The summed E-state index contributed by atoms with van der Waals surface area (Å²) >= 11 is 0. The first-order chi connectivity index (χ1) is 11.7. The lowest BCUT2D eigenvalue weighted by Crippen LogP contribution is -1.90. The lowest BCUT2D eigenvalue weighted by Gasteiger charge is -2.04. The number of aromatic hydroxyl groups is 1. The number of nitrogens with one attached hydrogen (secondary N) is 1. The minimum absolute atomic E-state index is 0.257. The molecular weight excluding hydrogens is 296 g/mol. The molecule has 2 N–H and O–H groups in total. The number of benzene rings is 3. The van der Waals surface area contributed by atoms with Gasteiger partial charge in [-0.2, -0.15) is 0 Å². The Morgan fingerprint density at radius 3 is 2.58 bits per heavy atom. The average Bonchev–Trinajstić information content (AvgIpc) is 3.00. The molecule has 0 aliphatic carbocycles.